The van der Waals surface area contributed by atoms with Gasteiger partial charge in [-0.1, -0.05) is 6.07 Å². The number of fused-ring (bicyclic) bond motifs is 1. The molecule has 3 rings (SSSR count). The third-order valence-electron chi connectivity index (χ3n) is 3.86. The van der Waals surface area contributed by atoms with Crippen LogP contribution >= 0.6 is 0 Å². The number of pyridine rings is 1. The molecule has 0 bridgehead atoms. The van der Waals surface area contributed by atoms with Crippen molar-refractivity contribution < 1.29 is 5.11 Å². The summed E-state index contributed by atoms with van der Waals surface area (Å²) < 4.78 is 2.09. The van der Waals surface area contributed by atoms with Gasteiger partial charge in [0.25, 0.3) is 0 Å². The number of nitrogens with zero attached hydrogens (tertiary/aromatic N) is 3. The summed E-state index contributed by atoms with van der Waals surface area (Å²) in [7, 11) is 2.12. The summed E-state index contributed by atoms with van der Waals surface area (Å²) in [5.41, 5.74) is 3.36. The molecule has 2 heterocycles. The summed E-state index contributed by atoms with van der Waals surface area (Å²) in [6.45, 7) is 4.00. The Labute approximate surface area is 113 Å². The Hall–Kier alpha value is -1.39. The van der Waals surface area contributed by atoms with Crippen molar-refractivity contribution in [2.75, 3.05) is 13.6 Å². The van der Waals surface area contributed by atoms with E-state index >= 15 is 0 Å². The van der Waals surface area contributed by atoms with Crippen LogP contribution in [0.1, 0.15) is 24.1 Å². The Balaban J connectivity index is 1.64. The number of aliphatic hydroxyl groups is 1. The van der Waals surface area contributed by atoms with Gasteiger partial charge in [0.15, 0.2) is 0 Å². The van der Waals surface area contributed by atoms with E-state index in [2.05, 4.69) is 52.8 Å². The first-order chi connectivity index (χ1) is 9.10. The second-order valence-electron chi connectivity index (χ2n) is 5.89. The molecule has 0 amide bonds. The van der Waals surface area contributed by atoms with Crippen LogP contribution in [0.5, 0.6) is 0 Å². The topological polar surface area (TPSA) is 40.8 Å². The van der Waals surface area contributed by atoms with Crippen molar-refractivity contribution in [3.05, 3.63) is 35.8 Å². The van der Waals surface area contributed by atoms with Crippen molar-refractivity contribution in [3.8, 4) is 0 Å². The van der Waals surface area contributed by atoms with E-state index in [-0.39, 0.29) is 6.10 Å². The summed E-state index contributed by atoms with van der Waals surface area (Å²) in [5.74, 6) is 0.652. The maximum atomic E-state index is 9.31. The third-order valence-corrected chi connectivity index (χ3v) is 3.86. The summed E-state index contributed by atoms with van der Waals surface area (Å²) >= 11 is 0. The molecular weight excluding hydrogens is 238 g/mol. The van der Waals surface area contributed by atoms with Gasteiger partial charge in [-0.2, -0.15) is 0 Å². The van der Waals surface area contributed by atoms with Gasteiger partial charge in [0.2, 0.25) is 0 Å². The number of imidazole rings is 1. The van der Waals surface area contributed by atoms with Crippen molar-refractivity contribution in [3.63, 3.8) is 0 Å². The molecule has 4 heteroatoms. The van der Waals surface area contributed by atoms with Gasteiger partial charge in [0.05, 0.1) is 11.8 Å². The normalized spacial score (nSPS) is 22.9. The highest BCUT2D eigenvalue weighted by atomic mass is 16.3. The monoisotopic (exact) mass is 259 g/mol. The van der Waals surface area contributed by atoms with E-state index in [0.717, 1.165) is 37.3 Å². The van der Waals surface area contributed by atoms with E-state index in [4.69, 9.17) is 0 Å². The van der Waals surface area contributed by atoms with Gasteiger partial charge in [-0.05, 0) is 44.4 Å². The molecular formula is C15H21N3O. The van der Waals surface area contributed by atoms with Gasteiger partial charge in [-0.15, -0.1) is 0 Å². The molecule has 2 aromatic heterocycles. The van der Waals surface area contributed by atoms with Crippen LogP contribution in [0.4, 0.5) is 0 Å². The van der Waals surface area contributed by atoms with E-state index in [9.17, 15) is 5.11 Å². The highest BCUT2D eigenvalue weighted by molar-refractivity contribution is 5.41. The highest BCUT2D eigenvalue weighted by Crippen LogP contribution is 2.27. The Kier molecular flexibility index (Phi) is 3.29. The molecule has 0 unspecified atom stereocenters. The lowest BCUT2D eigenvalue weighted by Gasteiger charge is -2.34. The molecule has 4 nitrogen and oxygen atoms in total. The summed E-state index contributed by atoms with van der Waals surface area (Å²) in [5, 5.41) is 9.31. The Morgan fingerprint density at radius 2 is 2.16 bits per heavy atom. The van der Waals surface area contributed by atoms with Gasteiger partial charge in [-0.3, -0.25) is 0 Å². The number of aliphatic hydroxyl groups excluding tert-OH is 1. The van der Waals surface area contributed by atoms with Gasteiger partial charge >= 0.3 is 0 Å². The lowest BCUT2D eigenvalue weighted by Crippen LogP contribution is -2.36. The number of rotatable bonds is 4. The zero-order valence-electron chi connectivity index (χ0n) is 11.6. The minimum atomic E-state index is -0.0587. The fourth-order valence-corrected chi connectivity index (χ4v) is 2.86. The lowest BCUT2D eigenvalue weighted by molar-refractivity contribution is 0.0272. The van der Waals surface area contributed by atoms with Crippen LogP contribution in [0.15, 0.2) is 24.5 Å². The first kappa shape index (κ1) is 12.6. The van der Waals surface area contributed by atoms with Gasteiger partial charge in [0.1, 0.15) is 5.65 Å². The van der Waals surface area contributed by atoms with Crippen LogP contribution in [-0.2, 0) is 6.54 Å². The minimum absolute atomic E-state index is 0.0587. The predicted molar refractivity (Wildman–Crippen MR) is 75.0 cm³/mol. The molecule has 0 spiro atoms. The van der Waals surface area contributed by atoms with Gasteiger partial charge < -0.3 is 14.4 Å². The van der Waals surface area contributed by atoms with Gasteiger partial charge in [0, 0.05) is 25.5 Å². The Bertz CT molecular complexity index is 572. The van der Waals surface area contributed by atoms with Crippen LogP contribution in [0.25, 0.3) is 5.65 Å². The summed E-state index contributed by atoms with van der Waals surface area (Å²) in [6, 6.07) is 4.15. The van der Waals surface area contributed by atoms with Gasteiger partial charge in [-0.25, -0.2) is 4.98 Å². The standard InChI is InChI=1S/C15H21N3O/c1-11-3-4-15-16-13(10-18(15)7-11)9-17(2)8-12-5-14(19)6-12/h3-4,7,10,12,14,19H,5-6,8-9H2,1-2H3. The highest BCUT2D eigenvalue weighted by Gasteiger charge is 2.27. The fraction of sp³-hybridized carbons (Fsp3) is 0.533. The smallest absolute Gasteiger partial charge is 0.137 e. The zero-order valence-corrected chi connectivity index (χ0v) is 11.6. The van der Waals surface area contributed by atoms with E-state index < -0.39 is 0 Å². The molecule has 0 radical (unpaired) electrons. The van der Waals surface area contributed by atoms with Crippen molar-refractivity contribution in [1.82, 2.24) is 14.3 Å². The largest absolute Gasteiger partial charge is 0.393 e. The maximum Gasteiger partial charge on any atom is 0.137 e. The van der Waals surface area contributed by atoms with Crippen LogP contribution in [0.2, 0.25) is 0 Å². The van der Waals surface area contributed by atoms with Crippen molar-refractivity contribution in [2.45, 2.75) is 32.4 Å². The lowest BCUT2D eigenvalue weighted by atomic mass is 9.82. The average Bonchev–Trinajstić information content (AvgIpc) is 2.68. The molecule has 0 aliphatic heterocycles. The molecule has 0 saturated heterocycles. The number of hydrogen-bond donors (Lipinski definition) is 1. The first-order valence-electron chi connectivity index (χ1n) is 6.91. The van der Waals surface area contributed by atoms with Crippen LogP contribution in [-0.4, -0.2) is 39.1 Å². The van der Waals surface area contributed by atoms with Crippen molar-refractivity contribution >= 4 is 5.65 Å². The Morgan fingerprint density at radius 1 is 1.37 bits per heavy atom. The molecule has 1 N–H and O–H groups in total. The zero-order chi connectivity index (χ0) is 13.4. The number of hydrogen-bond acceptors (Lipinski definition) is 3. The molecule has 0 atom stereocenters. The number of aryl methyl sites for hydroxylation is 1. The van der Waals surface area contributed by atoms with E-state index in [1.54, 1.807) is 0 Å². The fourth-order valence-electron chi connectivity index (χ4n) is 2.86. The molecule has 0 aromatic carbocycles. The summed E-state index contributed by atoms with van der Waals surface area (Å²) in [6.07, 6.45) is 6.06. The van der Waals surface area contributed by atoms with Crippen molar-refractivity contribution in [2.24, 2.45) is 5.92 Å². The first-order valence-corrected chi connectivity index (χ1v) is 6.91. The average molecular weight is 259 g/mol. The van der Waals surface area contributed by atoms with Crippen LogP contribution in [0.3, 0.4) is 0 Å². The van der Waals surface area contributed by atoms with Crippen LogP contribution < -0.4 is 0 Å². The predicted octanol–water partition coefficient (Wildman–Crippen LogP) is 1.85. The molecule has 19 heavy (non-hydrogen) atoms. The quantitative estimate of drug-likeness (QED) is 0.911. The second-order valence-corrected chi connectivity index (χ2v) is 5.89. The summed E-state index contributed by atoms with van der Waals surface area (Å²) in [4.78, 5) is 6.93. The Morgan fingerprint density at radius 3 is 2.89 bits per heavy atom. The molecule has 1 aliphatic carbocycles. The molecule has 102 valence electrons. The number of aromatic nitrogens is 2. The minimum Gasteiger partial charge on any atom is -0.393 e. The van der Waals surface area contributed by atoms with E-state index in [0.29, 0.717) is 5.92 Å². The SMILES string of the molecule is Cc1ccc2nc(CN(C)CC3CC(O)C3)cn2c1. The third kappa shape index (κ3) is 2.80. The second kappa shape index (κ2) is 4.94. The van der Waals surface area contributed by atoms with Crippen molar-refractivity contribution in [1.29, 1.82) is 0 Å². The van der Waals surface area contributed by atoms with Crippen LogP contribution in [0, 0.1) is 12.8 Å². The molecule has 1 fully saturated rings. The van der Waals surface area contributed by atoms with E-state index in [1.165, 1.54) is 5.56 Å². The molecule has 2 aromatic rings. The molecule has 1 saturated carbocycles. The maximum absolute atomic E-state index is 9.31. The van der Waals surface area contributed by atoms with E-state index in [1.807, 2.05) is 0 Å². The molecule has 1 aliphatic rings.